The molecule has 1 unspecified atom stereocenters. The van der Waals surface area contributed by atoms with Gasteiger partial charge < -0.3 is 5.32 Å². The van der Waals surface area contributed by atoms with E-state index in [9.17, 15) is 8.78 Å². The maximum absolute atomic E-state index is 13.3. The van der Waals surface area contributed by atoms with E-state index in [1.807, 2.05) is 0 Å². The SMILES string of the molecule is CNC(c1ccc(F)cc1Cl)c1cc(F)ccc1Cl. The fourth-order valence-electron chi connectivity index (χ4n) is 1.95. The normalized spacial score (nSPS) is 12.5. The summed E-state index contributed by atoms with van der Waals surface area (Å²) in [6, 6.07) is 7.77. The van der Waals surface area contributed by atoms with Crippen LogP contribution in [-0.2, 0) is 0 Å². The van der Waals surface area contributed by atoms with Crippen molar-refractivity contribution in [2.24, 2.45) is 0 Å². The van der Waals surface area contributed by atoms with Crippen LogP contribution in [-0.4, -0.2) is 7.05 Å². The van der Waals surface area contributed by atoms with Crippen LogP contribution in [0.4, 0.5) is 8.78 Å². The lowest BCUT2D eigenvalue weighted by Gasteiger charge is -2.20. The Kier molecular flexibility index (Phi) is 4.40. The van der Waals surface area contributed by atoms with Gasteiger partial charge in [-0.1, -0.05) is 29.3 Å². The Bertz CT molecular complexity index is 602. The molecule has 0 saturated carbocycles. The van der Waals surface area contributed by atoms with E-state index in [1.54, 1.807) is 13.1 Å². The van der Waals surface area contributed by atoms with Gasteiger partial charge in [-0.3, -0.25) is 0 Å². The van der Waals surface area contributed by atoms with Crippen molar-refractivity contribution >= 4 is 23.2 Å². The Morgan fingerprint density at radius 1 is 0.895 bits per heavy atom. The Morgan fingerprint density at radius 2 is 1.53 bits per heavy atom. The molecule has 5 heteroatoms. The van der Waals surface area contributed by atoms with Gasteiger partial charge in [-0.15, -0.1) is 0 Å². The van der Waals surface area contributed by atoms with Gasteiger partial charge in [0.15, 0.2) is 0 Å². The molecular formula is C14H11Cl2F2N. The highest BCUT2D eigenvalue weighted by atomic mass is 35.5. The Balaban J connectivity index is 2.52. The van der Waals surface area contributed by atoms with Crippen LogP contribution < -0.4 is 5.32 Å². The molecule has 0 aromatic heterocycles. The zero-order valence-electron chi connectivity index (χ0n) is 10.1. The van der Waals surface area contributed by atoms with E-state index in [1.165, 1.54) is 30.3 Å². The van der Waals surface area contributed by atoms with E-state index in [2.05, 4.69) is 5.32 Å². The van der Waals surface area contributed by atoms with Crippen LogP contribution in [0.1, 0.15) is 17.2 Å². The molecule has 19 heavy (non-hydrogen) atoms. The van der Waals surface area contributed by atoms with E-state index < -0.39 is 17.7 Å². The summed E-state index contributed by atoms with van der Waals surface area (Å²) in [5.41, 5.74) is 1.19. The fraction of sp³-hybridized carbons (Fsp3) is 0.143. The molecule has 0 aliphatic carbocycles. The largest absolute Gasteiger partial charge is 0.309 e. The second-order valence-electron chi connectivity index (χ2n) is 4.05. The van der Waals surface area contributed by atoms with Crippen molar-refractivity contribution in [1.29, 1.82) is 0 Å². The lowest BCUT2D eigenvalue weighted by atomic mass is 9.98. The third-order valence-electron chi connectivity index (χ3n) is 2.83. The van der Waals surface area contributed by atoms with Gasteiger partial charge in [0.1, 0.15) is 11.6 Å². The molecule has 0 fully saturated rings. The van der Waals surface area contributed by atoms with Crippen molar-refractivity contribution in [3.8, 4) is 0 Å². The summed E-state index contributed by atoms with van der Waals surface area (Å²) in [5.74, 6) is -0.813. The van der Waals surface area contributed by atoms with Crippen molar-refractivity contribution in [2.45, 2.75) is 6.04 Å². The summed E-state index contributed by atoms with van der Waals surface area (Å²) in [4.78, 5) is 0. The molecule has 0 aliphatic rings. The zero-order chi connectivity index (χ0) is 14.0. The molecule has 0 aliphatic heterocycles. The van der Waals surface area contributed by atoms with Gasteiger partial charge in [0.2, 0.25) is 0 Å². The predicted octanol–water partition coefficient (Wildman–Crippen LogP) is 4.58. The molecule has 0 radical (unpaired) electrons. The summed E-state index contributed by atoms with van der Waals surface area (Å²) >= 11 is 12.1. The van der Waals surface area contributed by atoms with Crippen LogP contribution in [0, 0.1) is 11.6 Å². The van der Waals surface area contributed by atoms with Gasteiger partial charge in [-0.25, -0.2) is 8.78 Å². The molecule has 100 valence electrons. The van der Waals surface area contributed by atoms with E-state index >= 15 is 0 Å². The Labute approximate surface area is 120 Å². The van der Waals surface area contributed by atoms with Crippen LogP contribution >= 0.6 is 23.2 Å². The smallest absolute Gasteiger partial charge is 0.124 e. The first-order valence-electron chi connectivity index (χ1n) is 5.60. The number of benzene rings is 2. The van der Waals surface area contributed by atoms with Crippen LogP contribution in [0.25, 0.3) is 0 Å². The van der Waals surface area contributed by atoms with Crippen LogP contribution in [0.2, 0.25) is 10.0 Å². The average Bonchev–Trinajstić information content (AvgIpc) is 2.36. The van der Waals surface area contributed by atoms with Gasteiger partial charge in [-0.05, 0) is 48.5 Å². The first kappa shape index (κ1) is 14.3. The van der Waals surface area contributed by atoms with Crippen molar-refractivity contribution in [3.05, 3.63) is 69.2 Å². The number of hydrogen-bond acceptors (Lipinski definition) is 1. The average molecular weight is 302 g/mol. The molecule has 0 saturated heterocycles. The minimum atomic E-state index is -0.422. The topological polar surface area (TPSA) is 12.0 Å². The third kappa shape index (κ3) is 3.06. The number of nitrogens with one attached hydrogen (secondary N) is 1. The van der Waals surface area contributed by atoms with Gasteiger partial charge in [0.25, 0.3) is 0 Å². The zero-order valence-corrected chi connectivity index (χ0v) is 11.6. The molecule has 0 amide bonds. The Hall–Kier alpha value is -1.16. The molecule has 0 spiro atoms. The molecule has 1 atom stereocenters. The van der Waals surface area contributed by atoms with E-state index in [0.717, 1.165) is 0 Å². The molecule has 2 rings (SSSR count). The molecule has 2 aromatic rings. The standard InChI is InChI=1S/C14H11Cl2F2N/c1-19-14(10-4-2-9(18)7-13(10)16)11-6-8(17)3-5-12(11)15/h2-7,14,19H,1H3. The van der Waals surface area contributed by atoms with Gasteiger partial charge >= 0.3 is 0 Å². The first-order valence-corrected chi connectivity index (χ1v) is 6.35. The molecule has 1 nitrogen and oxygen atoms in total. The minimum Gasteiger partial charge on any atom is -0.309 e. The molecule has 0 heterocycles. The van der Waals surface area contributed by atoms with Crippen LogP contribution in [0.3, 0.4) is 0 Å². The van der Waals surface area contributed by atoms with Gasteiger partial charge in [-0.2, -0.15) is 0 Å². The molecule has 2 aromatic carbocycles. The summed E-state index contributed by atoms with van der Waals surface area (Å²) in [5, 5.41) is 3.69. The maximum atomic E-state index is 13.3. The first-order chi connectivity index (χ1) is 9.02. The monoisotopic (exact) mass is 301 g/mol. The van der Waals surface area contributed by atoms with E-state index in [0.29, 0.717) is 16.1 Å². The minimum absolute atomic E-state index is 0.264. The fourth-order valence-corrected chi connectivity index (χ4v) is 2.45. The van der Waals surface area contributed by atoms with Crippen molar-refractivity contribution in [2.75, 3.05) is 7.05 Å². The molecule has 0 bridgehead atoms. The number of hydrogen-bond donors (Lipinski definition) is 1. The highest BCUT2D eigenvalue weighted by molar-refractivity contribution is 6.32. The Morgan fingerprint density at radius 3 is 2.16 bits per heavy atom. The predicted molar refractivity (Wildman–Crippen MR) is 73.7 cm³/mol. The third-order valence-corrected chi connectivity index (χ3v) is 3.50. The molecular weight excluding hydrogens is 291 g/mol. The van der Waals surface area contributed by atoms with E-state index in [-0.39, 0.29) is 5.02 Å². The van der Waals surface area contributed by atoms with Gasteiger partial charge in [0, 0.05) is 10.0 Å². The number of halogens is 4. The van der Waals surface area contributed by atoms with Crippen molar-refractivity contribution < 1.29 is 8.78 Å². The summed E-state index contributed by atoms with van der Waals surface area (Å²) in [7, 11) is 1.70. The lowest BCUT2D eigenvalue weighted by molar-refractivity contribution is 0.613. The quantitative estimate of drug-likeness (QED) is 0.875. The van der Waals surface area contributed by atoms with E-state index in [4.69, 9.17) is 23.2 Å². The highest BCUT2D eigenvalue weighted by Crippen LogP contribution is 2.32. The summed E-state index contributed by atoms with van der Waals surface area (Å²) < 4.78 is 26.4. The van der Waals surface area contributed by atoms with Crippen LogP contribution in [0.5, 0.6) is 0 Å². The number of rotatable bonds is 3. The summed E-state index contributed by atoms with van der Waals surface area (Å²) in [6.45, 7) is 0. The maximum Gasteiger partial charge on any atom is 0.124 e. The summed E-state index contributed by atoms with van der Waals surface area (Å²) in [6.07, 6.45) is 0. The lowest BCUT2D eigenvalue weighted by Crippen LogP contribution is -2.18. The van der Waals surface area contributed by atoms with Crippen LogP contribution in [0.15, 0.2) is 36.4 Å². The second kappa shape index (κ2) is 5.87. The van der Waals surface area contributed by atoms with Crippen molar-refractivity contribution in [3.63, 3.8) is 0 Å². The van der Waals surface area contributed by atoms with Gasteiger partial charge in [0.05, 0.1) is 6.04 Å². The van der Waals surface area contributed by atoms with Crippen molar-refractivity contribution in [1.82, 2.24) is 5.32 Å². The highest BCUT2D eigenvalue weighted by Gasteiger charge is 2.18. The molecule has 1 N–H and O–H groups in total. The second-order valence-corrected chi connectivity index (χ2v) is 4.87.